The van der Waals surface area contributed by atoms with Crippen LogP contribution in [-0.2, 0) is 0 Å². The summed E-state index contributed by atoms with van der Waals surface area (Å²) in [4.78, 5) is 13.1. The van der Waals surface area contributed by atoms with Crippen LogP contribution in [0.25, 0.3) is 0 Å². The van der Waals surface area contributed by atoms with Crippen LogP contribution in [-0.4, -0.2) is 22.4 Å². The minimum atomic E-state index is -0.727. The average molecular weight is 132 g/mol. The van der Waals surface area contributed by atoms with Gasteiger partial charge in [0.15, 0.2) is 0 Å². The molecule has 8 heavy (non-hydrogen) atoms. The van der Waals surface area contributed by atoms with Gasteiger partial charge in [-0.25, -0.2) is 4.99 Å². The minimum absolute atomic E-state index is 0.395. The zero-order valence-corrected chi connectivity index (χ0v) is 4.80. The highest BCUT2D eigenvalue weighted by Crippen LogP contribution is 2.15. The van der Waals surface area contributed by atoms with Gasteiger partial charge in [-0.05, 0) is 0 Å². The Morgan fingerprint density at radius 3 is 3.00 bits per heavy atom. The lowest BCUT2D eigenvalue weighted by Gasteiger charge is -1.91. The van der Waals surface area contributed by atoms with Crippen molar-refractivity contribution < 1.29 is 4.92 Å². The molecule has 5 heteroatoms. The van der Waals surface area contributed by atoms with Crippen molar-refractivity contribution in [3.63, 3.8) is 0 Å². The predicted molar refractivity (Wildman–Crippen MR) is 31.7 cm³/mol. The standard InChI is InChI=1S/C3H4N2O2S/c6-5(7)3-4-1-2-8-3/h1,3H,2H2. The second-order valence-corrected chi connectivity index (χ2v) is 2.36. The van der Waals surface area contributed by atoms with Crippen molar-refractivity contribution >= 4 is 18.0 Å². The highest BCUT2D eigenvalue weighted by atomic mass is 32.2. The van der Waals surface area contributed by atoms with Crippen LogP contribution in [0.5, 0.6) is 0 Å². The Balaban J connectivity index is 2.48. The van der Waals surface area contributed by atoms with Crippen LogP contribution >= 0.6 is 11.8 Å². The Morgan fingerprint density at radius 1 is 2.00 bits per heavy atom. The van der Waals surface area contributed by atoms with Gasteiger partial charge >= 0.3 is 5.50 Å². The molecule has 0 fully saturated rings. The Morgan fingerprint density at radius 2 is 2.75 bits per heavy atom. The molecule has 0 amide bonds. The van der Waals surface area contributed by atoms with Crippen LogP contribution in [0.3, 0.4) is 0 Å². The van der Waals surface area contributed by atoms with Crippen molar-refractivity contribution in [2.45, 2.75) is 5.50 Å². The van der Waals surface area contributed by atoms with E-state index in [-0.39, 0.29) is 0 Å². The molecule has 0 aromatic carbocycles. The first-order valence-electron chi connectivity index (χ1n) is 2.07. The Hall–Kier alpha value is -0.580. The van der Waals surface area contributed by atoms with Gasteiger partial charge in [0.25, 0.3) is 0 Å². The largest absolute Gasteiger partial charge is 0.351 e. The first-order chi connectivity index (χ1) is 3.80. The van der Waals surface area contributed by atoms with Crippen LogP contribution in [0, 0.1) is 10.1 Å². The van der Waals surface area contributed by atoms with E-state index >= 15 is 0 Å². The van der Waals surface area contributed by atoms with Crippen molar-refractivity contribution in [3.05, 3.63) is 10.1 Å². The summed E-state index contributed by atoms with van der Waals surface area (Å²) < 4.78 is 0. The van der Waals surface area contributed by atoms with Crippen LogP contribution in [0.4, 0.5) is 0 Å². The maximum absolute atomic E-state index is 9.87. The van der Waals surface area contributed by atoms with E-state index in [0.29, 0.717) is 5.75 Å². The van der Waals surface area contributed by atoms with Crippen molar-refractivity contribution in [2.75, 3.05) is 5.75 Å². The lowest BCUT2D eigenvalue weighted by atomic mass is 10.9. The van der Waals surface area contributed by atoms with Gasteiger partial charge in [0.05, 0.1) is 4.92 Å². The number of nitrogens with zero attached hydrogens (tertiary/aromatic N) is 2. The smallest absolute Gasteiger partial charge is 0.261 e. The third-order valence-corrected chi connectivity index (χ3v) is 1.67. The number of hydrogen-bond donors (Lipinski definition) is 0. The molecular formula is C3H4N2O2S. The summed E-state index contributed by atoms with van der Waals surface area (Å²) in [6, 6.07) is 0. The second kappa shape index (κ2) is 2.13. The maximum atomic E-state index is 9.87. The summed E-state index contributed by atoms with van der Waals surface area (Å²) in [5.74, 6) is 0.672. The van der Waals surface area contributed by atoms with Gasteiger partial charge in [0, 0.05) is 12.0 Å². The Kier molecular flexibility index (Phi) is 1.48. The molecule has 0 bridgehead atoms. The van der Waals surface area contributed by atoms with Gasteiger partial charge in [0.2, 0.25) is 0 Å². The van der Waals surface area contributed by atoms with Crippen LogP contribution < -0.4 is 0 Å². The fraction of sp³-hybridized carbons (Fsp3) is 0.667. The van der Waals surface area contributed by atoms with E-state index in [0.717, 1.165) is 0 Å². The Bertz CT molecular complexity index is 135. The number of hydrogen-bond acceptors (Lipinski definition) is 4. The molecule has 1 aliphatic heterocycles. The molecule has 1 heterocycles. The lowest BCUT2D eigenvalue weighted by Crippen LogP contribution is -2.08. The van der Waals surface area contributed by atoms with Gasteiger partial charge in [-0.2, -0.15) is 0 Å². The summed E-state index contributed by atoms with van der Waals surface area (Å²) >= 11 is 1.23. The van der Waals surface area contributed by atoms with E-state index in [1.165, 1.54) is 11.8 Å². The molecule has 0 saturated heterocycles. The van der Waals surface area contributed by atoms with Crippen LogP contribution in [0.2, 0.25) is 0 Å². The molecule has 1 unspecified atom stereocenters. The molecule has 0 radical (unpaired) electrons. The molecule has 4 nitrogen and oxygen atoms in total. The molecule has 1 rings (SSSR count). The van der Waals surface area contributed by atoms with E-state index in [9.17, 15) is 10.1 Å². The first kappa shape index (κ1) is 5.55. The monoisotopic (exact) mass is 132 g/mol. The minimum Gasteiger partial charge on any atom is -0.261 e. The van der Waals surface area contributed by atoms with Crippen molar-refractivity contribution in [1.82, 2.24) is 0 Å². The van der Waals surface area contributed by atoms with Crippen molar-refractivity contribution in [2.24, 2.45) is 4.99 Å². The highest BCUT2D eigenvalue weighted by molar-refractivity contribution is 8.00. The molecule has 0 saturated carbocycles. The summed E-state index contributed by atoms with van der Waals surface area (Å²) in [5, 5.41) is 9.87. The van der Waals surface area contributed by atoms with Gasteiger partial charge in [-0.1, -0.05) is 11.8 Å². The van der Waals surface area contributed by atoms with Gasteiger partial charge in [-0.3, -0.25) is 10.1 Å². The predicted octanol–water partition coefficient (Wildman–Crippen LogP) is 0.364. The van der Waals surface area contributed by atoms with E-state index in [1.54, 1.807) is 6.21 Å². The first-order valence-corrected chi connectivity index (χ1v) is 3.12. The summed E-state index contributed by atoms with van der Waals surface area (Å²) in [5.41, 5.74) is -0.727. The number of thioether (sulfide) groups is 1. The van der Waals surface area contributed by atoms with Crippen LogP contribution in [0.1, 0.15) is 0 Å². The number of nitro groups is 1. The van der Waals surface area contributed by atoms with Crippen molar-refractivity contribution in [3.8, 4) is 0 Å². The molecular weight excluding hydrogens is 128 g/mol. The summed E-state index contributed by atoms with van der Waals surface area (Å²) in [6.07, 6.45) is 1.57. The third kappa shape index (κ3) is 0.975. The average Bonchev–Trinajstić information content (AvgIpc) is 2.12. The number of aliphatic imine (C=N–C) groups is 1. The topological polar surface area (TPSA) is 55.5 Å². The van der Waals surface area contributed by atoms with Gasteiger partial charge < -0.3 is 0 Å². The lowest BCUT2D eigenvalue weighted by molar-refractivity contribution is -0.492. The van der Waals surface area contributed by atoms with E-state index in [2.05, 4.69) is 4.99 Å². The summed E-state index contributed by atoms with van der Waals surface area (Å²) in [6.45, 7) is 0. The van der Waals surface area contributed by atoms with E-state index in [4.69, 9.17) is 0 Å². The fourth-order valence-electron chi connectivity index (χ4n) is 0.421. The zero-order chi connectivity index (χ0) is 5.98. The second-order valence-electron chi connectivity index (χ2n) is 1.28. The number of rotatable bonds is 1. The quantitative estimate of drug-likeness (QED) is 0.382. The van der Waals surface area contributed by atoms with Crippen LogP contribution in [0.15, 0.2) is 4.99 Å². The fourth-order valence-corrected chi connectivity index (χ4v) is 1.06. The normalized spacial score (nSPS) is 26.2. The molecule has 0 spiro atoms. The molecule has 44 valence electrons. The van der Waals surface area contributed by atoms with Gasteiger partial charge in [0.1, 0.15) is 0 Å². The molecule has 0 aromatic rings. The highest BCUT2D eigenvalue weighted by Gasteiger charge is 2.20. The van der Waals surface area contributed by atoms with Gasteiger partial charge in [-0.15, -0.1) is 0 Å². The van der Waals surface area contributed by atoms with E-state index in [1.807, 2.05) is 0 Å². The van der Waals surface area contributed by atoms with Crippen molar-refractivity contribution in [1.29, 1.82) is 0 Å². The summed E-state index contributed by atoms with van der Waals surface area (Å²) in [7, 11) is 0. The molecule has 0 N–H and O–H groups in total. The third-order valence-electron chi connectivity index (χ3n) is 0.733. The SMILES string of the molecule is O=[N+]([O-])C1N=CCS1. The Labute approximate surface area is 50.1 Å². The van der Waals surface area contributed by atoms with E-state index < -0.39 is 10.4 Å². The zero-order valence-electron chi connectivity index (χ0n) is 3.98. The maximum Gasteiger partial charge on any atom is 0.351 e. The molecule has 1 atom stereocenters. The molecule has 0 aromatic heterocycles. The molecule has 0 aliphatic carbocycles. The molecule has 1 aliphatic rings.